The molecule has 0 heterocycles. The molecule has 0 radical (unpaired) electrons. The zero-order valence-electron chi connectivity index (χ0n) is 11.7. The summed E-state index contributed by atoms with van der Waals surface area (Å²) in [6, 6.07) is 4.90. The van der Waals surface area contributed by atoms with Crippen LogP contribution < -0.4 is 5.32 Å². The second-order valence-electron chi connectivity index (χ2n) is 4.93. The molecule has 0 saturated carbocycles. The highest BCUT2D eigenvalue weighted by molar-refractivity contribution is 9.10. The Hall–Kier alpha value is -1.62. The van der Waals surface area contributed by atoms with Crippen molar-refractivity contribution in [2.75, 3.05) is 0 Å². The first-order valence-corrected chi connectivity index (χ1v) is 7.08. The molecule has 0 fully saturated rings. The average Bonchev–Trinajstić information content (AvgIpc) is 2.34. The lowest BCUT2D eigenvalue weighted by Crippen LogP contribution is -2.43. The van der Waals surface area contributed by atoms with E-state index in [2.05, 4.69) is 21.2 Å². The molecule has 1 rings (SSSR count). The Balaban J connectivity index is 2.75. The SMILES string of the molecule is Cc1ccc(C=CC(=O)N[C@@H](C(=O)O)C(C)C)c(Br)c1. The van der Waals surface area contributed by atoms with Crippen LogP contribution in [0.5, 0.6) is 0 Å². The van der Waals surface area contributed by atoms with Gasteiger partial charge >= 0.3 is 5.97 Å². The van der Waals surface area contributed by atoms with Gasteiger partial charge in [0.2, 0.25) is 5.91 Å². The number of aliphatic carboxylic acids is 1. The molecule has 0 aliphatic carbocycles. The van der Waals surface area contributed by atoms with E-state index < -0.39 is 17.9 Å². The summed E-state index contributed by atoms with van der Waals surface area (Å²) in [7, 11) is 0. The molecule has 2 N–H and O–H groups in total. The smallest absolute Gasteiger partial charge is 0.326 e. The van der Waals surface area contributed by atoms with Crippen molar-refractivity contribution in [3.05, 3.63) is 39.9 Å². The third-order valence-corrected chi connectivity index (χ3v) is 3.49. The summed E-state index contributed by atoms with van der Waals surface area (Å²) in [5.41, 5.74) is 1.98. The van der Waals surface area contributed by atoms with E-state index in [9.17, 15) is 9.59 Å². The Bertz CT molecular complexity index is 538. The van der Waals surface area contributed by atoms with Crippen LogP contribution in [0.2, 0.25) is 0 Å². The van der Waals surface area contributed by atoms with E-state index in [4.69, 9.17) is 5.11 Å². The third-order valence-electron chi connectivity index (χ3n) is 2.80. The van der Waals surface area contributed by atoms with Gasteiger partial charge in [0.05, 0.1) is 0 Å². The van der Waals surface area contributed by atoms with Crippen molar-refractivity contribution in [1.29, 1.82) is 0 Å². The molecular formula is C15H18BrNO3. The van der Waals surface area contributed by atoms with Crippen LogP contribution in [0.3, 0.4) is 0 Å². The first-order valence-electron chi connectivity index (χ1n) is 6.28. The predicted molar refractivity (Wildman–Crippen MR) is 82.3 cm³/mol. The minimum absolute atomic E-state index is 0.170. The molecule has 0 unspecified atom stereocenters. The summed E-state index contributed by atoms with van der Waals surface area (Å²) in [5, 5.41) is 11.5. The van der Waals surface area contributed by atoms with Gasteiger partial charge in [0.15, 0.2) is 0 Å². The van der Waals surface area contributed by atoms with Gasteiger partial charge in [0.25, 0.3) is 0 Å². The van der Waals surface area contributed by atoms with Crippen molar-refractivity contribution in [2.45, 2.75) is 26.8 Å². The number of halogens is 1. The second-order valence-corrected chi connectivity index (χ2v) is 5.78. The minimum atomic E-state index is -1.03. The number of hydrogen-bond acceptors (Lipinski definition) is 2. The van der Waals surface area contributed by atoms with Crippen LogP contribution in [0, 0.1) is 12.8 Å². The van der Waals surface area contributed by atoms with Crippen molar-refractivity contribution in [3.63, 3.8) is 0 Å². The molecule has 0 aromatic heterocycles. The highest BCUT2D eigenvalue weighted by atomic mass is 79.9. The molecule has 108 valence electrons. The van der Waals surface area contributed by atoms with Gasteiger partial charge in [-0.2, -0.15) is 0 Å². The van der Waals surface area contributed by atoms with E-state index in [0.29, 0.717) is 0 Å². The number of benzene rings is 1. The van der Waals surface area contributed by atoms with E-state index in [1.807, 2.05) is 25.1 Å². The number of carbonyl (C=O) groups excluding carboxylic acids is 1. The lowest BCUT2D eigenvalue weighted by atomic mass is 10.0. The zero-order valence-corrected chi connectivity index (χ0v) is 13.3. The summed E-state index contributed by atoms with van der Waals surface area (Å²) < 4.78 is 0.889. The molecule has 0 saturated heterocycles. The number of aryl methyl sites for hydroxylation is 1. The van der Waals surface area contributed by atoms with E-state index >= 15 is 0 Å². The molecule has 20 heavy (non-hydrogen) atoms. The molecule has 0 aliphatic heterocycles. The Kier molecular flexibility index (Phi) is 5.95. The first-order chi connectivity index (χ1) is 9.31. The average molecular weight is 340 g/mol. The maximum absolute atomic E-state index is 11.7. The Morgan fingerprint density at radius 3 is 2.50 bits per heavy atom. The normalized spacial score (nSPS) is 12.7. The fourth-order valence-corrected chi connectivity index (χ4v) is 2.27. The topological polar surface area (TPSA) is 66.4 Å². The Morgan fingerprint density at radius 2 is 2.00 bits per heavy atom. The van der Waals surface area contributed by atoms with Crippen LogP contribution in [0.1, 0.15) is 25.0 Å². The van der Waals surface area contributed by atoms with E-state index in [0.717, 1.165) is 15.6 Å². The summed E-state index contributed by atoms with van der Waals surface area (Å²) in [6.07, 6.45) is 2.99. The van der Waals surface area contributed by atoms with Crippen LogP contribution >= 0.6 is 15.9 Å². The maximum Gasteiger partial charge on any atom is 0.326 e. The number of rotatable bonds is 5. The third kappa shape index (κ3) is 4.81. The number of nitrogens with one attached hydrogen (secondary N) is 1. The molecule has 5 heteroatoms. The van der Waals surface area contributed by atoms with Gasteiger partial charge in [0.1, 0.15) is 6.04 Å². The van der Waals surface area contributed by atoms with E-state index in [-0.39, 0.29) is 5.92 Å². The van der Waals surface area contributed by atoms with Crippen molar-refractivity contribution in [3.8, 4) is 0 Å². The molecular weight excluding hydrogens is 322 g/mol. The maximum atomic E-state index is 11.7. The lowest BCUT2D eigenvalue weighted by Gasteiger charge is -2.16. The molecule has 1 aromatic carbocycles. The minimum Gasteiger partial charge on any atom is -0.480 e. The summed E-state index contributed by atoms with van der Waals surface area (Å²) in [4.78, 5) is 22.7. The summed E-state index contributed by atoms with van der Waals surface area (Å²) in [5.74, 6) is -1.62. The number of amides is 1. The number of carbonyl (C=O) groups is 2. The van der Waals surface area contributed by atoms with Gasteiger partial charge < -0.3 is 10.4 Å². The quantitative estimate of drug-likeness (QED) is 0.810. The van der Waals surface area contributed by atoms with Gasteiger partial charge in [-0.05, 0) is 36.1 Å². The van der Waals surface area contributed by atoms with E-state index in [1.165, 1.54) is 6.08 Å². The number of carboxylic acid groups (broad SMARTS) is 1. The molecule has 1 atom stereocenters. The zero-order chi connectivity index (χ0) is 15.3. The van der Waals surface area contributed by atoms with Crippen LogP contribution in [0.25, 0.3) is 6.08 Å². The summed E-state index contributed by atoms with van der Waals surface area (Å²) >= 11 is 3.42. The second kappa shape index (κ2) is 7.24. The molecule has 1 amide bonds. The lowest BCUT2D eigenvalue weighted by molar-refractivity contribution is -0.142. The van der Waals surface area contributed by atoms with Gasteiger partial charge in [-0.3, -0.25) is 4.79 Å². The molecule has 0 aliphatic rings. The first kappa shape index (κ1) is 16.4. The van der Waals surface area contributed by atoms with Crippen molar-refractivity contribution < 1.29 is 14.7 Å². The fourth-order valence-electron chi connectivity index (χ4n) is 1.65. The monoisotopic (exact) mass is 339 g/mol. The van der Waals surface area contributed by atoms with Gasteiger partial charge in [0, 0.05) is 10.5 Å². The predicted octanol–water partition coefficient (Wildman–Crippen LogP) is 3.00. The van der Waals surface area contributed by atoms with Crippen molar-refractivity contribution >= 4 is 33.9 Å². The number of hydrogen-bond donors (Lipinski definition) is 2. The molecule has 4 nitrogen and oxygen atoms in total. The van der Waals surface area contributed by atoms with Crippen LogP contribution in [0.4, 0.5) is 0 Å². The molecule has 1 aromatic rings. The van der Waals surface area contributed by atoms with Gasteiger partial charge in [-0.1, -0.05) is 41.9 Å². The van der Waals surface area contributed by atoms with Crippen molar-refractivity contribution in [1.82, 2.24) is 5.32 Å². The van der Waals surface area contributed by atoms with Crippen molar-refractivity contribution in [2.24, 2.45) is 5.92 Å². The molecule has 0 spiro atoms. The number of carboxylic acids is 1. The van der Waals surface area contributed by atoms with E-state index in [1.54, 1.807) is 19.9 Å². The highest BCUT2D eigenvalue weighted by Gasteiger charge is 2.22. The summed E-state index contributed by atoms with van der Waals surface area (Å²) in [6.45, 7) is 5.48. The largest absolute Gasteiger partial charge is 0.480 e. The van der Waals surface area contributed by atoms with Gasteiger partial charge in [-0.25, -0.2) is 4.79 Å². The van der Waals surface area contributed by atoms with Crippen LogP contribution in [-0.4, -0.2) is 23.0 Å². The van der Waals surface area contributed by atoms with Gasteiger partial charge in [-0.15, -0.1) is 0 Å². The fraction of sp³-hybridized carbons (Fsp3) is 0.333. The van der Waals surface area contributed by atoms with Crippen LogP contribution in [-0.2, 0) is 9.59 Å². The molecule has 0 bridgehead atoms. The van der Waals surface area contributed by atoms with Crippen LogP contribution in [0.15, 0.2) is 28.7 Å². The standard InChI is InChI=1S/C15H18BrNO3/c1-9(2)14(15(19)20)17-13(18)7-6-11-5-4-10(3)8-12(11)16/h4-9,14H,1-3H3,(H,17,18)(H,19,20)/t14-/m1/s1. The Labute approximate surface area is 127 Å². The highest BCUT2D eigenvalue weighted by Crippen LogP contribution is 2.19. The Morgan fingerprint density at radius 1 is 1.35 bits per heavy atom.